The van der Waals surface area contributed by atoms with E-state index in [0.29, 0.717) is 15.1 Å². The number of nitrogens with two attached hydrogens (primary N) is 1. The Kier molecular flexibility index (Phi) is 4.78. The first kappa shape index (κ1) is 14.4. The molecule has 2 N–H and O–H groups in total. The lowest BCUT2D eigenvalue weighted by atomic mass is 10.00. The third-order valence-corrected chi connectivity index (χ3v) is 4.66. The molecule has 0 spiro atoms. The van der Waals surface area contributed by atoms with Gasteiger partial charge >= 0.3 is 0 Å². The molecule has 0 amide bonds. The second-order valence-electron chi connectivity index (χ2n) is 3.79. The average Bonchev–Trinajstić information content (AvgIpc) is 2.35. The maximum absolute atomic E-state index is 6.25. The smallest absolute Gasteiger partial charge is 0.0643 e. The van der Waals surface area contributed by atoms with Crippen molar-refractivity contribution in [3.05, 3.63) is 66.2 Å². The minimum absolute atomic E-state index is 0.346. The first-order valence-corrected chi connectivity index (χ1v) is 7.36. The molecule has 0 aliphatic carbocycles. The lowest BCUT2D eigenvalue weighted by molar-refractivity contribution is 0.865. The Morgan fingerprint density at radius 3 is 2.44 bits per heavy atom. The van der Waals surface area contributed by atoms with Gasteiger partial charge in [-0.3, -0.25) is 0 Å². The minimum atomic E-state index is -0.346. The van der Waals surface area contributed by atoms with Crippen molar-refractivity contribution in [1.29, 1.82) is 0 Å². The molecule has 94 valence electrons. The summed E-state index contributed by atoms with van der Waals surface area (Å²) in [6.45, 7) is 0. The van der Waals surface area contributed by atoms with E-state index in [1.54, 1.807) is 6.07 Å². The molecule has 0 aliphatic rings. The van der Waals surface area contributed by atoms with E-state index < -0.39 is 0 Å². The Morgan fingerprint density at radius 2 is 1.72 bits per heavy atom. The monoisotopic (exact) mass is 411 g/mol. The van der Waals surface area contributed by atoms with Crippen molar-refractivity contribution in [3.8, 4) is 0 Å². The number of rotatable bonds is 2. The van der Waals surface area contributed by atoms with E-state index >= 15 is 0 Å². The maximum atomic E-state index is 6.25. The Labute approximate surface area is 134 Å². The molecule has 0 fully saturated rings. The predicted octanol–water partition coefficient (Wildman–Crippen LogP) is 5.30. The van der Waals surface area contributed by atoms with Crippen molar-refractivity contribution in [3.63, 3.8) is 0 Å². The van der Waals surface area contributed by atoms with Crippen LogP contribution in [0.5, 0.6) is 0 Å². The molecule has 1 nitrogen and oxygen atoms in total. The summed E-state index contributed by atoms with van der Waals surface area (Å²) in [5.74, 6) is 0. The van der Waals surface area contributed by atoms with Crippen LogP contribution >= 0.6 is 57.4 Å². The molecule has 0 aliphatic heterocycles. The molecule has 1 atom stereocenters. The summed E-state index contributed by atoms with van der Waals surface area (Å²) in [5.41, 5.74) is 7.98. The number of hydrogen-bond donors (Lipinski definition) is 1. The number of hydrogen-bond acceptors (Lipinski definition) is 1. The zero-order chi connectivity index (χ0) is 13.3. The molecule has 2 rings (SSSR count). The molecule has 5 heteroatoms. The van der Waals surface area contributed by atoms with Crippen molar-refractivity contribution in [1.82, 2.24) is 0 Å². The van der Waals surface area contributed by atoms with Crippen molar-refractivity contribution in [2.24, 2.45) is 5.73 Å². The third-order valence-electron chi connectivity index (χ3n) is 2.61. The van der Waals surface area contributed by atoms with E-state index in [1.165, 1.54) is 0 Å². The molecule has 1 unspecified atom stereocenters. The molecule has 0 saturated carbocycles. The van der Waals surface area contributed by atoms with Gasteiger partial charge in [-0.1, -0.05) is 46.9 Å². The highest BCUT2D eigenvalue weighted by molar-refractivity contribution is 14.1. The van der Waals surface area contributed by atoms with Crippen molar-refractivity contribution >= 4 is 57.4 Å². The Balaban J connectivity index is 2.51. The Morgan fingerprint density at radius 1 is 1.00 bits per heavy atom. The summed E-state index contributed by atoms with van der Waals surface area (Å²) in [6.07, 6.45) is 0. The fraction of sp³-hybridized carbons (Fsp3) is 0.0769. The fourth-order valence-corrected chi connectivity index (χ4v) is 2.96. The van der Waals surface area contributed by atoms with Crippen LogP contribution in [0, 0.1) is 3.57 Å². The van der Waals surface area contributed by atoms with Gasteiger partial charge in [-0.2, -0.15) is 0 Å². The molecule has 0 aromatic heterocycles. The van der Waals surface area contributed by atoms with Gasteiger partial charge in [-0.25, -0.2) is 0 Å². The molecule has 2 aromatic rings. The maximum Gasteiger partial charge on any atom is 0.0643 e. The minimum Gasteiger partial charge on any atom is -0.320 e. The van der Waals surface area contributed by atoms with Crippen LogP contribution in [0.3, 0.4) is 0 Å². The van der Waals surface area contributed by atoms with E-state index in [-0.39, 0.29) is 6.04 Å². The van der Waals surface area contributed by atoms with Crippen LogP contribution in [0.25, 0.3) is 0 Å². The lowest BCUT2D eigenvalue weighted by Gasteiger charge is -2.16. The first-order valence-electron chi connectivity index (χ1n) is 5.15. The zero-order valence-electron chi connectivity index (χ0n) is 9.13. The van der Waals surface area contributed by atoms with Gasteiger partial charge in [0.2, 0.25) is 0 Å². The van der Waals surface area contributed by atoms with Crippen molar-refractivity contribution in [2.45, 2.75) is 6.04 Å². The van der Waals surface area contributed by atoms with Crippen LogP contribution in [-0.2, 0) is 0 Å². The third kappa shape index (κ3) is 2.94. The van der Waals surface area contributed by atoms with E-state index in [2.05, 4.69) is 22.6 Å². The lowest BCUT2D eigenvalue weighted by Crippen LogP contribution is -2.14. The molecule has 0 heterocycles. The van der Waals surface area contributed by atoms with Gasteiger partial charge < -0.3 is 5.73 Å². The normalized spacial score (nSPS) is 12.5. The summed E-state index contributed by atoms with van der Waals surface area (Å²) < 4.78 is 1.04. The summed E-state index contributed by atoms with van der Waals surface area (Å²) in [5, 5.41) is 1.64. The molecule has 0 radical (unpaired) electrons. The molecule has 0 bridgehead atoms. The van der Waals surface area contributed by atoms with Crippen LogP contribution in [0.2, 0.25) is 15.1 Å². The van der Waals surface area contributed by atoms with Gasteiger partial charge in [0, 0.05) is 8.59 Å². The predicted molar refractivity (Wildman–Crippen MR) is 86.7 cm³/mol. The largest absolute Gasteiger partial charge is 0.320 e. The molecule has 0 saturated heterocycles. The first-order chi connectivity index (χ1) is 8.50. The fourth-order valence-electron chi connectivity index (χ4n) is 1.68. The topological polar surface area (TPSA) is 26.0 Å². The molecule has 18 heavy (non-hydrogen) atoms. The van der Waals surface area contributed by atoms with Crippen molar-refractivity contribution < 1.29 is 0 Å². The van der Waals surface area contributed by atoms with Crippen LogP contribution in [0.1, 0.15) is 17.2 Å². The van der Waals surface area contributed by atoms with Crippen LogP contribution in [0.15, 0.2) is 36.4 Å². The highest BCUT2D eigenvalue weighted by Crippen LogP contribution is 2.34. The van der Waals surface area contributed by atoms with E-state index in [1.807, 2.05) is 30.3 Å². The summed E-state index contributed by atoms with van der Waals surface area (Å²) in [4.78, 5) is 0. The van der Waals surface area contributed by atoms with Crippen LogP contribution < -0.4 is 5.73 Å². The average molecular weight is 412 g/mol. The van der Waals surface area contributed by atoms with Gasteiger partial charge in [0.15, 0.2) is 0 Å². The number of benzene rings is 2. The van der Waals surface area contributed by atoms with Crippen molar-refractivity contribution in [2.75, 3.05) is 0 Å². The second kappa shape index (κ2) is 5.97. The highest BCUT2D eigenvalue weighted by Gasteiger charge is 2.16. The SMILES string of the molecule is NC(c1cc(Cl)ccc1I)c1cccc(Cl)c1Cl. The Bertz CT molecular complexity index is 584. The quantitative estimate of drug-likeness (QED) is 0.666. The van der Waals surface area contributed by atoms with Gasteiger partial charge in [0.1, 0.15) is 0 Å². The summed E-state index contributed by atoms with van der Waals surface area (Å²) in [7, 11) is 0. The molecule has 2 aromatic carbocycles. The van der Waals surface area contributed by atoms with Gasteiger partial charge in [-0.15, -0.1) is 0 Å². The molecular weight excluding hydrogens is 403 g/mol. The van der Waals surface area contributed by atoms with Gasteiger partial charge in [0.25, 0.3) is 0 Å². The van der Waals surface area contributed by atoms with Gasteiger partial charge in [0.05, 0.1) is 16.1 Å². The van der Waals surface area contributed by atoms with E-state index in [9.17, 15) is 0 Å². The van der Waals surface area contributed by atoms with E-state index in [0.717, 1.165) is 14.7 Å². The number of halogens is 4. The standard InChI is InChI=1S/C13H9Cl3IN/c14-7-4-5-11(17)9(6-7)13(18)8-2-1-3-10(15)12(8)16/h1-6,13H,18H2. The summed E-state index contributed by atoms with van der Waals surface area (Å²) >= 11 is 20.4. The van der Waals surface area contributed by atoms with Crippen LogP contribution in [-0.4, -0.2) is 0 Å². The zero-order valence-corrected chi connectivity index (χ0v) is 13.6. The molecular formula is C13H9Cl3IN. The van der Waals surface area contributed by atoms with Gasteiger partial charge in [-0.05, 0) is 58.0 Å². The van der Waals surface area contributed by atoms with Crippen LogP contribution in [0.4, 0.5) is 0 Å². The second-order valence-corrected chi connectivity index (χ2v) is 6.17. The Hall–Kier alpha value is -0.000000000000000111. The van der Waals surface area contributed by atoms with E-state index in [4.69, 9.17) is 40.5 Å². The summed E-state index contributed by atoms with van der Waals surface area (Å²) in [6, 6.07) is 10.7. The highest BCUT2D eigenvalue weighted by atomic mass is 127.